The van der Waals surface area contributed by atoms with Crippen LogP contribution >= 0.6 is 0 Å². The minimum Gasteiger partial charge on any atom is -0.508 e. The van der Waals surface area contributed by atoms with Gasteiger partial charge in [0, 0.05) is 12.6 Å². The Morgan fingerprint density at radius 2 is 1.83 bits per heavy atom. The Balaban J connectivity index is 2.52. The second-order valence-corrected chi connectivity index (χ2v) is 5.82. The molecule has 0 aromatic heterocycles. The first kappa shape index (κ1) is 19.7. The van der Waals surface area contributed by atoms with Crippen LogP contribution in [0.4, 0.5) is 0 Å². The van der Waals surface area contributed by atoms with Crippen molar-refractivity contribution in [3.05, 3.63) is 29.8 Å². The number of guanidine groups is 1. The van der Waals surface area contributed by atoms with Gasteiger partial charge in [-0.25, -0.2) is 0 Å². The number of aromatic hydroxyl groups is 1. The summed E-state index contributed by atoms with van der Waals surface area (Å²) in [5, 5.41) is 28.8. The van der Waals surface area contributed by atoms with Gasteiger partial charge in [-0.1, -0.05) is 12.1 Å². The third kappa shape index (κ3) is 7.30. The zero-order valence-corrected chi connectivity index (χ0v) is 13.5. The van der Waals surface area contributed by atoms with E-state index in [1.165, 1.54) is 12.1 Å². The minimum atomic E-state index is -0.991. The lowest BCUT2D eigenvalue weighted by atomic mass is 9.90. The van der Waals surface area contributed by atoms with E-state index >= 15 is 0 Å². The molecule has 0 fully saturated rings. The summed E-state index contributed by atoms with van der Waals surface area (Å²) in [6.07, 6.45) is 0.477. The van der Waals surface area contributed by atoms with Crippen molar-refractivity contribution in [3.63, 3.8) is 0 Å². The summed E-state index contributed by atoms with van der Waals surface area (Å²) in [6.45, 7) is 0.415. The van der Waals surface area contributed by atoms with Gasteiger partial charge in [0.15, 0.2) is 5.96 Å². The molecule has 134 valence electrons. The lowest BCUT2D eigenvalue weighted by molar-refractivity contribution is -0.142. The average molecular weight is 338 g/mol. The molecule has 1 rings (SSSR count). The summed E-state index contributed by atoms with van der Waals surface area (Å²) < 4.78 is 0. The molecule has 3 atom stereocenters. The zero-order chi connectivity index (χ0) is 18.1. The van der Waals surface area contributed by atoms with Crippen LogP contribution in [0.1, 0.15) is 24.8 Å². The molecule has 0 saturated carbocycles. The van der Waals surface area contributed by atoms with Crippen molar-refractivity contribution in [3.8, 4) is 5.75 Å². The molecule has 0 aliphatic carbocycles. The fourth-order valence-electron chi connectivity index (χ4n) is 2.38. The highest BCUT2D eigenvalue weighted by Gasteiger charge is 2.25. The molecule has 0 saturated heterocycles. The number of carboxylic acids is 1. The Kier molecular flexibility index (Phi) is 8.00. The number of rotatable bonds is 10. The molecule has 24 heavy (non-hydrogen) atoms. The standard InChI is InChI=1S/C16H26N4O4/c17-13(2-1-7-20-16(18)19)14(22)9-11(15(23)24)8-10-3-5-12(21)6-4-10/h3-6,11,13-14,21-22H,1-2,7-9,17H2,(H,23,24)(H4,18,19,20). The van der Waals surface area contributed by atoms with Gasteiger partial charge in [-0.15, -0.1) is 0 Å². The van der Waals surface area contributed by atoms with Crippen molar-refractivity contribution in [2.75, 3.05) is 6.54 Å². The second-order valence-electron chi connectivity index (χ2n) is 5.82. The Bertz CT molecular complexity index is 544. The predicted octanol–water partition coefficient (Wildman–Crippen LogP) is -0.233. The van der Waals surface area contributed by atoms with Crippen LogP contribution in [-0.4, -0.2) is 45.9 Å². The molecule has 0 aliphatic rings. The number of nitrogens with two attached hydrogens (primary N) is 3. The number of phenolic OH excluding ortho intramolecular Hbond substituents is 1. The van der Waals surface area contributed by atoms with Gasteiger partial charge >= 0.3 is 5.97 Å². The Hall–Kier alpha value is -2.32. The van der Waals surface area contributed by atoms with Crippen LogP contribution in [0, 0.1) is 5.92 Å². The topological polar surface area (TPSA) is 168 Å². The summed E-state index contributed by atoms with van der Waals surface area (Å²) in [5.41, 5.74) is 17.1. The number of hydrogen-bond acceptors (Lipinski definition) is 5. The van der Waals surface area contributed by atoms with Crippen molar-refractivity contribution >= 4 is 11.9 Å². The largest absolute Gasteiger partial charge is 0.508 e. The average Bonchev–Trinajstić information content (AvgIpc) is 2.52. The SMILES string of the molecule is NC(N)=NCCCC(N)C(O)CC(Cc1ccc(O)cc1)C(=O)O. The Morgan fingerprint density at radius 3 is 2.38 bits per heavy atom. The van der Waals surface area contributed by atoms with Crippen molar-refractivity contribution in [2.45, 2.75) is 37.8 Å². The number of aliphatic carboxylic acids is 1. The first-order valence-electron chi connectivity index (χ1n) is 7.79. The molecule has 0 spiro atoms. The maximum absolute atomic E-state index is 11.4. The highest BCUT2D eigenvalue weighted by molar-refractivity contribution is 5.75. The summed E-state index contributed by atoms with van der Waals surface area (Å²) >= 11 is 0. The lowest BCUT2D eigenvalue weighted by Gasteiger charge is -2.22. The third-order valence-electron chi connectivity index (χ3n) is 3.78. The molecule has 3 unspecified atom stereocenters. The molecule has 9 N–H and O–H groups in total. The van der Waals surface area contributed by atoms with Crippen LogP contribution in [0.3, 0.4) is 0 Å². The summed E-state index contributed by atoms with van der Waals surface area (Å²) in [6, 6.07) is 5.78. The zero-order valence-electron chi connectivity index (χ0n) is 13.5. The fraction of sp³-hybridized carbons (Fsp3) is 0.500. The predicted molar refractivity (Wildman–Crippen MR) is 91.4 cm³/mol. The van der Waals surface area contributed by atoms with E-state index in [0.29, 0.717) is 19.4 Å². The van der Waals surface area contributed by atoms with Crippen LogP contribution in [0.25, 0.3) is 0 Å². The van der Waals surface area contributed by atoms with Crippen molar-refractivity contribution in [2.24, 2.45) is 28.1 Å². The van der Waals surface area contributed by atoms with Gasteiger partial charge in [-0.3, -0.25) is 9.79 Å². The number of hydrogen-bond donors (Lipinski definition) is 6. The lowest BCUT2D eigenvalue weighted by Crippen LogP contribution is -2.38. The highest BCUT2D eigenvalue weighted by atomic mass is 16.4. The monoisotopic (exact) mass is 338 g/mol. The van der Waals surface area contributed by atoms with Crippen LogP contribution in [0.15, 0.2) is 29.3 Å². The summed E-state index contributed by atoms with van der Waals surface area (Å²) in [4.78, 5) is 15.2. The molecular formula is C16H26N4O4. The molecule has 1 aromatic carbocycles. The molecule has 0 heterocycles. The minimum absolute atomic E-state index is 0.00367. The molecule has 0 radical (unpaired) electrons. The second kappa shape index (κ2) is 9.74. The highest BCUT2D eigenvalue weighted by Crippen LogP contribution is 2.19. The number of carbonyl (C=O) groups is 1. The number of aliphatic hydroxyl groups is 1. The Labute approximate surface area is 141 Å². The fourth-order valence-corrected chi connectivity index (χ4v) is 2.38. The molecule has 0 amide bonds. The maximum Gasteiger partial charge on any atom is 0.306 e. The molecule has 8 heteroatoms. The van der Waals surface area contributed by atoms with Gasteiger partial charge in [0.05, 0.1) is 12.0 Å². The number of carboxylic acid groups (broad SMARTS) is 1. The first-order chi connectivity index (χ1) is 11.3. The third-order valence-corrected chi connectivity index (χ3v) is 3.78. The van der Waals surface area contributed by atoms with Crippen molar-refractivity contribution in [1.82, 2.24) is 0 Å². The van der Waals surface area contributed by atoms with Crippen LogP contribution in [-0.2, 0) is 11.2 Å². The van der Waals surface area contributed by atoms with E-state index in [4.69, 9.17) is 17.2 Å². The van der Waals surface area contributed by atoms with E-state index in [9.17, 15) is 20.1 Å². The smallest absolute Gasteiger partial charge is 0.306 e. The van der Waals surface area contributed by atoms with Gasteiger partial charge in [-0.2, -0.15) is 0 Å². The van der Waals surface area contributed by atoms with E-state index in [2.05, 4.69) is 4.99 Å². The molecule has 8 nitrogen and oxygen atoms in total. The van der Waals surface area contributed by atoms with E-state index in [0.717, 1.165) is 5.56 Å². The van der Waals surface area contributed by atoms with Crippen molar-refractivity contribution < 1.29 is 20.1 Å². The quantitative estimate of drug-likeness (QED) is 0.194. The molecular weight excluding hydrogens is 312 g/mol. The van der Waals surface area contributed by atoms with E-state index in [1.54, 1.807) is 12.1 Å². The number of benzene rings is 1. The molecule has 0 bridgehead atoms. The maximum atomic E-state index is 11.4. The van der Waals surface area contributed by atoms with E-state index in [-0.39, 0.29) is 24.6 Å². The number of aliphatic imine (C=N–C) groups is 1. The number of aliphatic hydroxyl groups excluding tert-OH is 1. The van der Waals surface area contributed by atoms with E-state index < -0.39 is 24.0 Å². The van der Waals surface area contributed by atoms with Gasteiger partial charge in [0.2, 0.25) is 0 Å². The van der Waals surface area contributed by atoms with Crippen LogP contribution in [0.5, 0.6) is 5.75 Å². The molecule has 1 aromatic rings. The van der Waals surface area contributed by atoms with Crippen LogP contribution in [0.2, 0.25) is 0 Å². The van der Waals surface area contributed by atoms with E-state index in [1.807, 2.05) is 0 Å². The summed E-state index contributed by atoms with van der Waals surface area (Å²) in [5.74, 6) is -1.62. The summed E-state index contributed by atoms with van der Waals surface area (Å²) in [7, 11) is 0. The van der Waals surface area contributed by atoms with Gasteiger partial charge in [0.25, 0.3) is 0 Å². The Morgan fingerprint density at radius 1 is 1.21 bits per heavy atom. The number of nitrogens with zero attached hydrogens (tertiary/aromatic N) is 1. The van der Waals surface area contributed by atoms with Gasteiger partial charge in [0.1, 0.15) is 5.75 Å². The number of phenols is 1. The normalized spacial score (nSPS) is 14.6. The van der Waals surface area contributed by atoms with Gasteiger partial charge in [-0.05, 0) is 43.4 Å². The first-order valence-corrected chi connectivity index (χ1v) is 7.79. The van der Waals surface area contributed by atoms with Gasteiger partial charge < -0.3 is 32.5 Å². The van der Waals surface area contributed by atoms with Crippen molar-refractivity contribution in [1.29, 1.82) is 0 Å². The molecule has 0 aliphatic heterocycles. The van der Waals surface area contributed by atoms with Crippen LogP contribution < -0.4 is 17.2 Å².